The lowest BCUT2D eigenvalue weighted by atomic mass is 9.94. The van der Waals surface area contributed by atoms with Crippen molar-refractivity contribution in [1.82, 2.24) is 10.2 Å². The third kappa shape index (κ3) is 4.71. The van der Waals surface area contributed by atoms with E-state index in [4.69, 9.17) is 11.6 Å². The van der Waals surface area contributed by atoms with Crippen molar-refractivity contribution in [2.75, 3.05) is 13.1 Å². The molecule has 0 bridgehead atoms. The first kappa shape index (κ1) is 16.8. The average molecular weight is 297 g/mol. The van der Waals surface area contributed by atoms with Gasteiger partial charge in [0.05, 0.1) is 5.54 Å². The van der Waals surface area contributed by atoms with Gasteiger partial charge in [0, 0.05) is 18.1 Å². The number of hydrogen-bond donors (Lipinski definition) is 1. The largest absolute Gasteiger partial charge is 0.329 e. The van der Waals surface area contributed by atoms with E-state index in [9.17, 15) is 4.79 Å². The van der Waals surface area contributed by atoms with E-state index >= 15 is 0 Å². The number of rotatable bonds is 6. The molecule has 112 valence electrons. The first-order valence-electron chi connectivity index (χ1n) is 7.23. The summed E-state index contributed by atoms with van der Waals surface area (Å²) in [6.07, 6.45) is 1.93. The zero-order chi connectivity index (χ0) is 15.2. The summed E-state index contributed by atoms with van der Waals surface area (Å²) in [5.41, 5.74) is 0.563. The maximum atomic E-state index is 12.4. The lowest BCUT2D eigenvalue weighted by Gasteiger charge is -2.31. The van der Waals surface area contributed by atoms with Gasteiger partial charge in [-0.3, -0.25) is 0 Å². The Labute approximate surface area is 127 Å². The van der Waals surface area contributed by atoms with E-state index in [1.165, 1.54) is 0 Å². The lowest BCUT2D eigenvalue weighted by Crippen LogP contribution is -2.48. The summed E-state index contributed by atoms with van der Waals surface area (Å²) in [6, 6.07) is 7.60. The van der Waals surface area contributed by atoms with Crippen LogP contribution < -0.4 is 5.32 Å². The molecule has 0 fully saturated rings. The van der Waals surface area contributed by atoms with Gasteiger partial charge in [-0.25, -0.2) is 4.79 Å². The minimum Gasteiger partial charge on any atom is -0.329 e. The van der Waals surface area contributed by atoms with Crippen molar-refractivity contribution in [3.8, 4) is 0 Å². The summed E-state index contributed by atoms with van der Waals surface area (Å²) < 4.78 is 0. The van der Waals surface area contributed by atoms with Gasteiger partial charge in [0.15, 0.2) is 0 Å². The van der Waals surface area contributed by atoms with E-state index < -0.39 is 5.54 Å². The monoisotopic (exact) mass is 296 g/mol. The van der Waals surface area contributed by atoms with Gasteiger partial charge < -0.3 is 10.2 Å². The average Bonchev–Trinajstić information content (AvgIpc) is 2.38. The molecule has 0 unspecified atom stereocenters. The number of nitrogens with zero attached hydrogens (tertiary/aromatic N) is 1. The highest BCUT2D eigenvalue weighted by molar-refractivity contribution is 6.30. The molecular weight excluding hydrogens is 272 g/mol. The first-order valence-corrected chi connectivity index (χ1v) is 7.61. The minimum atomic E-state index is -0.443. The second-order valence-electron chi connectivity index (χ2n) is 5.55. The maximum Gasteiger partial charge on any atom is 0.318 e. The third-order valence-corrected chi connectivity index (χ3v) is 3.48. The number of urea groups is 1. The summed E-state index contributed by atoms with van der Waals surface area (Å²) >= 11 is 6.03. The van der Waals surface area contributed by atoms with E-state index in [0.717, 1.165) is 31.5 Å². The number of nitrogens with one attached hydrogen (secondary N) is 1. The van der Waals surface area contributed by atoms with Gasteiger partial charge in [0.1, 0.15) is 0 Å². The normalized spacial score (nSPS) is 11.2. The molecule has 0 spiro atoms. The number of amides is 2. The predicted molar refractivity (Wildman–Crippen MR) is 85.2 cm³/mol. The Morgan fingerprint density at radius 2 is 1.85 bits per heavy atom. The van der Waals surface area contributed by atoms with Crippen LogP contribution in [0.5, 0.6) is 0 Å². The van der Waals surface area contributed by atoms with Crippen molar-refractivity contribution >= 4 is 17.6 Å². The highest BCUT2D eigenvalue weighted by Gasteiger charge is 2.25. The standard InChI is InChI=1S/C16H25ClN2O/c1-5-10-19(11-6-2)15(20)18-16(3,4)13-8-7-9-14(17)12-13/h7-9,12H,5-6,10-11H2,1-4H3,(H,18,20). The number of halogens is 1. The fourth-order valence-corrected chi connectivity index (χ4v) is 2.34. The van der Waals surface area contributed by atoms with Gasteiger partial charge in [-0.15, -0.1) is 0 Å². The Balaban J connectivity index is 2.80. The van der Waals surface area contributed by atoms with E-state index in [1.54, 1.807) is 0 Å². The quantitative estimate of drug-likeness (QED) is 0.829. The second-order valence-corrected chi connectivity index (χ2v) is 5.99. The molecule has 0 aliphatic rings. The summed E-state index contributed by atoms with van der Waals surface area (Å²) in [7, 11) is 0. The zero-order valence-electron chi connectivity index (χ0n) is 12.9. The zero-order valence-corrected chi connectivity index (χ0v) is 13.6. The molecule has 3 nitrogen and oxygen atoms in total. The Bertz CT molecular complexity index is 440. The van der Waals surface area contributed by atoms with Crippen molar-refractivity contribution in [3.05, 3.63) is 34.9 Å². The molecule has 0 aliphatic heterocycles. The van der Waals surface area contributed by atoms with Crippen LogP contribution in [0.1, 0.15) is 46.1 Å². The van der Waals surface area contributed by atoms with Gasteiger partial charge >= 0.3 is 6.03 Å². The third-order valence-electron chi connectivity index (χ3n) is 3.24. The molecule has 0 saturated heterocycles. The molecule has 1 aromatic rings. The molecule has 2 amide bonds. The lowest BCUT2D eigenvalue weighted by molar-refractivity contribution is 0.186. The predicted octanol–water partition coefficient (Wildman–Crippen LogP) is 4.41. The first-order chi connectivity index (χ1) is 9.40. The van der Waals surface area contributed by atoms with Crippen LogP contribution in [0.15, 0.2) is 24.3 Å². The topological polar surface area (TPSA) is 32.3 Å². The molecule has 0 atom stereocenters. The van der Waals surface area contributed by atoms with Crippen LogP contribution in [0, 0.1) is 0 Å². The molecule has 0 saturated carbocycles. The van der Waals surface area contributed by atoms with Crippen molar-refractivity contribution in [3.63, 3.8) is 0 Å². The molecule has 0 aliphatic carbocycles. The van der Waals surface area contributed by atoms with E-state index in [2.05, 4.69) is 19.2 Å². The summed E-state index contributed by atoms with van der Waals surface area (Å²) in [4.78, 5) is 14.2. The smallest absolute Gasteiger partial charge is 0.318 e. The highest BCUT2D eigenvalue weighted by atomic mass is 35.5. The van der Waals surface area contributed by atoms with Crippen LogP contribution in [-0.2, 0) is 5.54 Å². The Morgan fingerprint density at radius 1 is 1.25 bits per heavy atom. The summed E-state index contributed by atoms with van der Waals surface area (Å²) in [5.74, 6) is 0. The van der Waals surface area contributed by atoms with Gasteiger partial charge in [-0.1, -0.05) is 37.6 Å². The fraction of sp³-hybridized carbons (Fsp3) is 0.562. The maximum absolute atomic E-state index is 12.4. The van der Waals surface area contributed by atoms with Crippen molar-refractivity contribution in [2.45, 2.75) is 46.1 Å². The van der Waals surface area contributed by atoms with Gasteiger partial charge in [-0.2, -0.15) is 0 Å². The Morgan fingerprint density at radius 3 is 2.35 bits per heavy atom. The molecule has 0 radical (unpaired) electrons. The van der Waals surface area contributed by atoms with Crippen molar-refractivity contribution < 1.29 is 4.79 Å². The molecular formula is C16H25ClN2O. The fourth-order valence-electron chi connectivity index (χ4n) is 2.15. The van der Waals surface area contributed by atoms with Crippen LogP contribution in [-0.4, -0.2) is 24.0 Å². The van der Waals surface area contributed by atoms with Gasteiger partial charge in [-0.05, 0) is 44.4 Å². The van der Waals surface area contributed by atoms with Gasteiger partial charge in [0.25, 0.3) is 0 Å². The number of carbonyl (C=O) groups excluding carboxylic acids is 1. The molecule has 1 aromatic carbocycles. The summed E-state index contributed by atoms with van der Waals surface area (Å²) in [6.45, 7) is 9.71. The van der Waals surface area contributed by atoms with E-state index in [-0.39, 0.29) is 6.03 Å². The van der Waals surface area contributed by atoms with Crippen LogP contribution >= 0.6 is 11.6 Å². The van der Waals surface area contributed by atoms with Crippen LogP contribution in [0.25, 0.3) is 0 Å². The van der Waals surface area contributed by atoms with E-state index in [0.29, 0.717) is 5.02 Å². The van der Waals surface area contributed by atoms with Crippen LogP contribution in [0.4, 0.5) is 4.79 Å². The molecule has 0 aromatic heterocycles. The molecule has 1 N–H and O–H groups in total. The summed E-state index contributed by atoms with van der Waals surface area (Å²) in [5, 5.41) is 3.78. The molecule has 20 heavy (non-hydrogen) atoms. The SMILES string of the molecule is CCCN(CCC)C(=O)NC(C)(C)c1cccc(Cl)c1. The van der Waals surface area contributed by atoms with Crippen molar-refractivity contribution in [2.24, 2.45) is 0 Å². The molecule has 1 rings (SSSR count). The Hall–Kier alpha value is -1.22. The Kier molecular flexibility index (Phi) is 6.34. The molecule has 4 heteroatoms. The number of hydrogen-bond acceptors (Lipinski definition) is 1. The minimum absolute atomic E-state index is 0.0151. The van der Waals surface area contributed by atoms with E-state index in [1.807, 2.05) is 43.0 Å². The van der Waals surface area contributed by atoms with Crippen LogP contribution in [0.3, 0.4) is 0 Å². The second kappa shape index (κ2) is 7.53. The highest BCUT2D eigenvalue weighted by Crippen LogP contribution is 2.23. The van der Waals surface area contributed by atoms with Crippen LogP contribution in [0.2, 0.25) is 5.02 Å². The van der Waals surface area contributed by atoms with Gasteiger partial charge in [0.2, 0.25) is 0 Å². The number of carbonyl (C=O) groups is 1. The number of benzene rings is 1. The molecule has 0 heterocycles. The van der Waals surface area contributed by atoms with Crippen molar-refractivity contribution in [1.29, 1.82) is 0 Å².